The van der Waals surface area contributed by atoms with Crippen LogP contribution in [0.2, 0.25) is 0 Å². The Hall–Kier alpha value is -2.29. The monoisotopic (exact) mass is 372 g/mol. The second-order valence-corrected chi connectivity index (χ2v) is 7.17. The van der Waals surface area contributed by atoms with Crippen LogP contribution in [0.25, 0.3) is 0 Å². The molecule has 0 bridgehead atoms. The number of amides is 3. The van der Waals surface area contributed by atoms with Crippen LogP contribution < -0.4 is 16.0 Å². The van der Waals surface area contributed by atoms with Crippen molar-refractivity contribution in [2.24, 2.45) is 0 Å². The smallest absolute Gasteiger partial charge is 0.255 e. The van der Waals surface area contributed by atoms with E-state index in [1.165, 1.54) is 0 Å². The van der Waals surface area contributed by atoms with Crippen LogP contribution in [-0.4, -0.2) is 61.0 Å². The zero-order valence-electron chi connectivity index (χ0n) is 15.1. The van der Waals surface area contributed by atoms with Gasteiger partial charge in [-0.05, 0) is 23.6 Å². The van der Waals surface area contributed by atoms with Crippen LogP contribution in [0, 0.1) is 0 Å². The fourth-order valence-electron chi connectivity index (χ4n) is 3.72. The number of hydrogen-bond acceptors (Lipinski definition) is 6. The molecule has 3 amide bonds. The van der Waals surface area contributed by atoms with Crippen molar-refractivity contribution in [2.75, 3.05) is 26.2 Å². The molecule has 3 heterocycles. The molecule has 0 spiro atoms. The summed E-state index contributed by atoms with van der Waals surface area (Å²) in [4.78, 5) is 37.9. The van der Waals surface area contributed by atoms with Gasteiger partial charge in [-0.25, -0.2) is 0 Å². The highest BCUT2D eigenvalue weighted by Gasteiger charge is 2.39. The van der Waals surface area contributed by atoms with Crippen molar-refractivity contribution >= 4 is 17.7 Å². The third kappa shape index (κ3) is 3.73. The Morgan fingerprint density at radius 2 is 2.07 bits per heavy atom. The summed E-state index contributed by atoms with van der Waals surface area (Å²) in [6.45, 7) is 4.29. The molecule has 0 saturated carbocycles. The number of nitrogens with zero attached hydrogens (tertiary/aromatic N) is 1. The highest BCUT2D eigenvalue weighted by molar-refractivity contribution is 6.05. The minimum atomic E-state index is -0.576. The normalized spacial score (nSPS) is 22.6. The Kier molecular flexibility index (Phi) is 5.20. The highest BCUT2D eigenvalue weighted by Crippen LogP contribution is 2.29. The third-order valence-electron chi connectivity index (χ3n) is 5.37. The number of imide groups is 1. The SMILES string of the molecule is O=C1CCC(N2Cc3c(CNCCOC4CNC4)cccc3C2=O)C(=O)N1. The van der Waals surface area contributed by atoms with Crippen LogP contribution >= 0.6 is 0 Å². The molecule has 144 valence electrons. The van der Waals surface area contributed by atoms with Gasteiger partial charge < -0.3 is 20.3 Å². The Morgan fingerprint density at radius 1 is 1.22 bits per heavy atom. The number of nitrogens with one attached hydrogen (secondary N) is 3. The van der Waals surface area contributed by atoms with E-state index in [9.17, 15) is 14.4 Å². The minimum Gasteiger partial charge on any atom is -0.374 e. The quantitative estimate of drug-likeness (QED) is 0.442. The standard InChI is InChI=1S/C19H24N4O4/c24-17-5-4-16(18(25)22-17)23-11-15-12(2-1-3-14(15)19(23)26)8-20-6-7-27-13-9-21-10-13/h1-3,13,16,20-21H,4-11H2,(H,22,24,25). The summed E-state index contributed by atoms with van der Waals surface area (Å²) >= 11 is 0. The molecule has 27 heavy (non-hydrogen) atoms. The van der Waals surface area contributed by atoms with Gasteiger partial charge in [-0.1, -0.05) is 12.1 Å². The van der Waals surface area contributed by atoms with Crippen LogP contribution in [0.15, 0.2) is 18.2 Å². The molecule has 1 unspecified atom stereocenters. The Morgan fingerprint density at radius 3 is 2.81 bits per heavy atom. The zero-order valence-corrected chi connectivity index (χ0v) is 15.1. The summed E-state index contributed by atoms with van der Waals surface area (Å²) in [5, 5.41) is 8.86. The molecule has 0 radical (unpaired) electrons. The zero-order chi connectivity index (χ0) is 18.8. The summed E-state index contributed by atoms with van der Waals surface area (Å²) in [5.41, 5.74) is 2.67. The van der Waals surface area contributed by atoms with Crippen molar-refractivity contribution in [1.82, 2.24) is 20.9 Å². The van der Waals surface area contributed by atoms with E-state index in [4.69, 9.17) is 4.74 Å². The molecule has 4 rings (SSSR count). The summed E-state index contributed by atoms with van der Waals surface area (Å²) in [7, 11) is 0. The van der Waals surface area contributed by atoms with Gasteiger partial charge in [0.2, 0.25) is 11.8 Å². The van der Waals surface area contributed by atoms with Gasteiger partial charge in [0.15, 0.2) is 0 Å². The van der Waals surface area contributed by atoms with E-state index in [1.54, 1.807) is 11.0 Å². The van der Waals surface area contributed by atoms with Gasteiger partial charge in [0.25, 0.3) is 5.91 Å². The molecule has 0 aliphatic carbocycles. The lowest BCUT2D eigenvalue weighted by molar-refractivity contribution is -0.136. The van der Waals surface area contributed by atoms with Gasteiger partial charge >= 0.3 is 0 Å². The first-order valence-electron chi connectivity index (χ1n) is 9.42. The molecule has 8 nitrogen and oxygen atoms in total. The second kappa shape index (κ2) is 7.75. The van der Waals surface area contributed by atoms with Crippen molar-refractivity contribution in [3.8, 4) is 0 Å². The first-order chi connectivity index (χ1) is 13.1. The molecule has 1 aromatic carbocycles. The molecule has 1 atom stereocenters. The predicted octanol–water partition coefficient (Wildman–Crippen LogP) is -0.474. The van der Waals surface area contributed by atoms with E-state index < -0.39 is 6.04 Å². The van der Waals surface area contributed by atoms with Crippen LogP contribution in [-0.2, 0) is 27.4 Å². The van der Waals surface area contributed by atoms with E-state index in [0.717, 1.165) is 30.8 Å². The number of fused-ring (bicyclic) bond motifs is 1. The van der Waals surface area contributed by atoms with Gasteiger partial charge in [-0.15, -0.1) is 0 Å². The van der Waals surface area contributed by atoms with Crippen LogP contribution in [0.3, 0.4) is 0 Å². The highest BCUT2D eigenvalue weighted by atomic mass is 16.5. The van der Waals surface area contributed by atoms with E-state index >= 15 is 0 Å². The Balaban J connectivity index is 1.37. The number of carbonyl (C=O) groups is 3. The molecule has 3 aliphatic rings. The van der Waals surface area contributed by atoms with Gasteiger partial charge in [-0.2, -0.15) is 0 Å². The van der Waals surface area contributed by atoms with Crippen molar-refractivity contribution < 1.29 is 19.1 Å². The minimum absolute atomic E-state index is 0.137. The topological polar surface area (TPSA) is 99.8 Å². The number of piperidine rings is 1. The first kappa shape index (κ1) is 18.1. The molecule has 1 aromatic rings. The van der Waals surface area contributed by atoms with E-state index in [1.807, 2.05) is 12.1 Å². The van der Waals surface area contributed by atoms with Crippen molar-refractivity contribution in [3.63, 3.8) is 0 Å². The molecule has 8 heteroatoms. The second-order valence-electron chi connectivity index (χ2n) is 7.17. The fourth-order valence-corrected chi connectivity index (χ4v) is 3.72. The average molecular weight is 372 g/mol. The van der Waals surface area contributed by atoms with Crippen LogP contribution in [0.1, 0.15) is 34.3 Å². The predicted molar refractivity (Wildman–Crippen MR) is 96.8 cm³/mol. The maximum atomic E-state index is 12.8. The third-order valence-corrected chi connectivity index (χ3v) is 5.37. The van der Waals surface area contributed by atoms with E-state index in [2.05, 4.69) is 16.0 Å². The number of hydrogen-bond donors (Lipinski definition) is 3. The number of ether oxygens (including phenoxy) is 1. The molecular weight excluding hydrogens is 348 g/mol. The molecule has 0 aromatic heterocycles. The molecule has 2 saturated heterocycles. The van der Waals surface area contributed by atoms with E-state index in [0.29, 0.717) is 37.8 Å². The maximum absolute atomic E-state index is 12.8. The summed E-state index contributed by atoms with van der Waals surface area (Å²) in [6.07, 6.45) is 0.972. The van der Waals surface area contributed by atoms with Crippen molar-refractivity contribution in [2.45, 2.75) is 38.1 Å². The average Bonchev–Trinajstić information content (AvgIpc) is 2.94. The number of carbonyl (C=O) groups excluding carboxylic acids is 3. The largest absolute Gasteiger partial charge is 0.374 e. The summed E-state index contributed by atoms with van der Waals surface area (Å²) in [5.74, 6) is -0.790. The lowest BCUT2D eigenvalue weighted by atomic mass is 10.0. The van der Waals surface area contributed by atoms with Crippen molar-refractivity contribution in [1.29, 1.82) is 0 Å². The maximum Gasteiger partial charge on any atom is 0.255 e. The summed E-state index contributed by atoms with van der Waals surface area (Å²) < 4.78 is 5.68. The number of rotatable bonds is 7. The van der Waals surface area contributed by atoms with Crippen LogP contribution in [0.5, 0.6) is 0 Å². The van der Waals surface area contributed by atoms with Crippen LogP contribution in [0.4, 0.5) is 0 Å². The molecule has 3 aliphatic heterocycles. The Labute approximate surface area is 157 Å². The first-order valence-corrected chi connectivity index (χ1v) is 9.42. The van der Waals surface area contributed by atoms with Gasteiger partial charge in [0.05, 0.1) is 12.7 Å². The van der Waals surface area contributed by atoms with E-state index in [-0.39, 0.29) is 24.1 Å². The van der Waals surface area contributed by atoms with Gasteiger partial charge in [0, 0.05) is 44.7 Å². The van der Waals surface area contributed by atoms with Crippen molar-refractivity contribution in [3.05, 3.63) is 34.9 Å². The number of benzene rings is 1. The molecule has 3 N–H and O–H groups in total. The fraction of sp³-hybridized carbons (Fsp3) is 0.526. The summed E-state index contributed by atoms with van der Waals surface area (Å²) in [6, 6.07) is 5.11. The molecular formula is C19H24N4O4. The lowest BCUT2D eigenvalue weighted by Gasteiger charge is -2.29. The Bertz CT molecular complexity index is 762. The van der Waals surface area contributed by atoms with Gasteiger partial charge in [0.1, 0.15) is 6.04 Å². The van der Waals surface area contributed by atoms with Gasteiger partial charge in [-0.3, -0.25) is 19.7 Å². The molecule has 2 fully saturated rings. The lowest BCUT2D eigenvalue weighted by Crippen LogP contribution is -2.52.